The van der Waals surface area contributed by atoms with Crippen LogP contribution < -0.4 is 15.4 Å². The van der Waals surface area contributed by atoms with Gasteiger partial charge in [-0.25, -0.2) is 0 Å². The highest BCUT2D eigenvalue weighted by atomic mass is 16.5. The predicted octanol–water partition coefficient (Wildman–Crippen LogP) is 11.6. The Hall–Kier alpha value is -4.78. The molecule has 0 atom stereocenters. The first-order valence-electron chi connectivity index (χ1n) is 15.9. The lowest BCUT2D eigenvalue weighted by Crippen LogP contribution is -2.12. The Morgan fingerprint density at radius 2 is 1.13 bits per heavy atom. The van der Waals surface area contributed by atoms with Gasteiger partial charge in [-0.2, -0.15) is 10.2 Å². The number of aryl methyl sites for hydroxylation is 3. The fourth-order valence-corrected chi connectivity index (χ4v) is 3.58. The number of carbonyl (C=O) groups excluding carboxylic acids is 2. The molecular weight excluding hydrogens is 572 g/mol. The van der Waals surface area contributed by atoms with Crippen LogP contribution in [-0.2, 0) is 0 Å². The Balaban J connectivity index is 0.00000105. The second-order valence-corrected chi connectivity index (χ2v) is 11.2. The van der Waals surface area contributed by atoms with E-state index in [4.69, 9.17) is 4.74 Å². The van der Waals surface area contributed by atoms with E-state index in [0.717, 1.165) is 22.6 Å². The highest BCUT2D eigenvalue weighted by Crippen LogP contribution is 2.34. The second-order valence-electron chi connectivity index (χ2n) is 11.2. The van der Waals surface area contributed by atoms with Crippen LogP contribution in [0, 0.1) is 26.7 Å². The molecule has 0 radical (unpaired) electrons. The number of nitrogens with zero attached hydrogens (tertiary/aromatic N) is 2. The molecule has 7 nitrogen and oxygen atoms in total. The van der Waals surface area contributed by atoms with Gasteiger partial charge in [-0.1, -0.05) is 90.3 Å². The summed E-state index contributed by atoms with van der Waals surface area (Å²) in [4.78, 5) is 25.1. The van der Waals surface area contributed by atoms with E-state index in [9.17, 15) is 9.59 Å². The van der Waals surface area contributed by atoms with Crippen LogP contribution in [0.2, 0.25) is 0 Å². The summed E-state index contributed by atoms with van der Waals surface area (Å²) in [6, 6.07) is 25.4. The molecule has 0 spiro atoms. The number of rotatable bonds is 7. The normalized spacial score (nSPS) is 10.0. The Bertz CT molecular complexity index is 1510. The highest BCUT2D eigenvalue weighted by Gasteiger charge is 2.13. The minimum Gasteiger partial charge on any atom is -0.494 e. The van der Waals surface area contributed by atoms with Gasteiger partial charge in [-0.3, -0.25) is 9.59 Å². The monoisotopic (exact) mass is 624 g/mol. The van der Waals surface area contributed by atoms with Crippen molar-refractivity contribution in [3.63, 3.8) is 0 Å². The molecule has 46 heavy (non-hydrogen) atoms. The minimum atomic E-state index is -0.221. The van der Waals surface area contributed by atoms with Gasteiger partial charge in [0.15, 0.2) is 0 Å². The average molecular weight is 625 g/mol. The number of anilines is 2. The van der Waals surface area contributed by atoms with Crippen molar-refractivity contribution in [3.05, 3.63) is 113 Å². The molecule has 0 aliphatic heterocycles. The summed E-state index contributed by atoms with van der Waals surface area (Å²) >= 11 is 0. The van der Waals surface area contributed by atoms with Crippen LogP contribution in [0.15, 0.2) is 95.2 Å². The number of azo groups is 1. The molecule has 0 aliphatic carbocycles. The summed E-state index contributed by atoms with van der Waals surface area (Å²) in [6.07, 6.45) is 1.25. The molecule has 4 aromatic carbocycles. The molecule has 2 N–H and O–H groups in total. The van der Waals surface area contributed by atoms with Crippen LogP contribution >= 0.6 is 0 Å². The number of methoxy groups -OCH3 is 1. The molecular formula is C39H52N4O3. The van der Waals surface area contributed by atoms with E-state index in [0.29, 0.717) is 39.6 Å². The largest absolute Gasteiger partial charge is 0.494 e. The van der Waals surface area contributed by atoms with Crippen molar-refractivity contribution in [3.8, 4) is 5.75 Å². The molecule has 0 saturated carbocycles. The summed E-state index contributed by atoms with van der Waals surface area (Å²) in [5.41, 5.74) is 6.62. The third-order valence-corrected chi connectivity index (χ3v) is 5.79. The van der Waals surface area contributed by atoms with Crippen molar-refractivity contribution < 1.29 is 14.3 Å². The van der Waals surface area contributed by atoms with E-state index in [1.807, 2.05) is 65.0 Å². The van der Waals surface area contributed by atoms with Crippen LogP contribution in [0.5, 0.6) is 5.75 Å². The topological polar surface area (TPSA) is 92.2 Å². The zero-order valence-corrected chi connectivity index (χ0v) is 29.5. The smallest absolute Gasteiger partial charge is 0.255 e. The number of amides is 2. The summed E-state index contributed by atoms with van der Waals surface area (Å²) in [5, 5.41) is 14.5. The minimum absolute atomic E-state index is 0.174. The number of benzene rings is 4. The Morgan fingerprint density at radius 3 is 1.57 bits per heavy atom. The van der Waals surface area contributed by atoms with Crippen LogP contribution in [0.25, 0.3) is 0 Å². The van der Waals surface area contributed by atoms with E-state index in [1.165, 1.54) is 13.5 Å². The van der Waals surface area contributed by atoms with Crippen LogP contribution in [0.4, 0.5) is 22.7 Å². The van der Waals surface area contributed by atoms with Crippen LogP contribution in [0.1, 0.15) is 92.3 Å². The van der Waals surface area contributed by atoms with E-state index in [1.54, 1.807) is 54.6 Å². The van der Waals surface area contributed by atoms with Gasteiger partial charge in [0.2, 0.25) is 0 Å². The quantitative estimate of drug-likeness (QED) is 0.200. The number of hydrogen-bond acceptors (Lipinski definition) is 5. The average Bonchev–Trinajstić information content (AvgIpc) is 3.03. The van der Waals surface area contributed by atoms with Crippen molar-refractivity contribution in [1.29, 1.82) is 0 Å². The van der Waals surface area contributed by atoms with E-state index >= 15 is 0 Å². The lowest BCUT2D eigenvalue weighted by molar-refractivity contribution is 0.101. The maximum atomic E-state index is 12.7. The fourth-order valence-electron chi connectivity index (χ4n) is 3.58. The molecule has 0 bridgehead atoms. The van der Waals surface area contributed by atoms with Gasteiger partial charge in [0.25, 0.3) is 11.8 Å². The Kier molecular flexibility index (Phi) is 18.0. The van der Waals surface area contributed by atoms with Crippen molar-refractivity contribution in [2.24, 2.45) is 16.1 Å². The van der Waals surface area contributed by atoms with Crippen molar-refractivity contribution in [1.82, 2.24) is 0 Å². The number of nitrogens with one attached hydrogen (secondary N) is 2. The third-order valence-electron chi connectivity index (χ3n) is 5.79. The number of ether oxygens (including phenoxy) is 1. The van der Waals surface area contributed by atoms with E-state index in [-0.39, 0.29) is 11.8 Å². The summed E-state index contributed by atoms with van der Waals surface area (Å²) in [5.74, 6) is 0.919. The molecule has 2 amide bonds. The summed E-state index contributed by atoms with van der Waals surface area (Å²) < 4.78 is 5.49. The van der Waals surface area contributed by atoms with Crippen LogP contribution in [0.3, 0.4) is 0 Å². The van der Waals surface area contributed by atoms with Gasteiger partial charge in [0, 0.05) is 22.9 Å². The zero-order valence-electron chi connectivity index (χ0n) is 29.5. The fraction of sp³-hybridized carbons (Fsp3) is 0.333. The first kappa shape index (κ1) is 39.2. The zero-order chi connectivity index (χ0) is 34.6. The number of carbonyl (C=O) groups is 2. The van der Waals surface area contributed by atoms with Gasteiger partial charge in [-0.05, 0) is 86.8 Å². The van der Waals surface area contributed by atoms with Gasteiger partial charge >= 0.3 is 0 Å². The predicted molar refractivity (Wildman–Crippen MR) is 194 cm³/mol. The molecule has 0 unspecified atom stereocenters. The lowest BCUT2D eigenvalue weighted by Gasteiger charge is -2.13. The first-order chi connectivity index (χ1) is 22.0. The standard InChI is InChI=1S/C30H28N4O3.C4H10.C3H8.C2H6/c1-19-5-9-22(10-6-19)29(35)31-24-13-15-25(16-14-24)33-34-26-18-28(37-4)27(17-21(26)3)32-30(36)23-11-7-20(2)8-12-23;1-4(2)3;1-3-2;1-2/h5-18H,1-4H3,(H,31,35)(H,32,36);4H,1-3H3;3H2,1-2H3;1-2H3. The van der Waals surface area contributed by atoms with Crippen molar-refractivity contribution in [2.45, 2.75) is 75.7 Å². The van der Waals surface area contributed by atoms with Gasteiger partial charge < -0.3 is 15.4 Å². The maximum absolute atomic E-state index is 12.7. The van der Waals surface area contributed by atoms with Gasteiger partial charge in [0.05, 0.1) is 24.2 Å². The van der Waals surface area contributed by atoms with Gasteiger partial charge in [0.1, 0.15) is 5.75 Å². The summed E-state index contributed by atoms with van der Waals surface area (Å²) in [6.45, 7) is 20.6. The molecule has 7 heteroatoms. The molecule has 4 aromatic rings. The molecule has 0 aromatic heterocycles. The van der Waals surface area contributed by atoms with E-state index in [2.05, 4.69) is 55.5 Å². The number of hydrogen-bond donors (Lipinski definition) is 2. The first-order valence-corrected chi connectivity index (χ1v) is 15.9. The molecule has 246 valence electrons. The second kappa shape index (κ2) is 21.0. The molecule has 0 saturated heterocycles. The molecule has 4 rings (SSSR count). The summed E-state index contributed by atoms with van der Waals surface area (Å²) in [7, 11) is 1.54. The maximum Gasteiger partial charge on any atom is 0.255 e. The van der Waals surface area contributed by atoms with Crippen molar-refractivity contribution in [2.75, 3.05) is 17.7 Å². The van der Waals surface area contributed by atoms with Crippen LogP contribution in [-0.4, -0.2) is 18.9 Å². The lowest BCUT2D eigenvalue weighted by atomic mass is 10.1. The van der Waals surface area contributed by atoms with Gasteiger partial charge in [-0.15, -0.1) is 0 Å². The van der Waals surface area contributed by atoms with E-state index < -0.39 is 0 Å². The molecule has 0 aliphatic rings. The SMILES string of the molecule is CC.CC(C)C.CCC.COc1cc(N=Nc2ccc(NC(=O)c3ccc(C)cc3)cc2)c(C)cc1NC(=O)c1ccc(C)cc1. The molecule has 0 heterocycles. The van der Waals surface area contributed by atoms with Crippen molar-refractivity contribution >= 4 is 34.6 Å². The molecule has 0 fully saturated rings. The third kappa shape index (κ3) is 13.9. The highest BCUT2D eigenvalue weighted by molar-refractivity contribution is 6.05. The Morgan fingerprint density at radius 1 is 0.696 bits per heavy atom. The Labute approximate surface area is 276 Å².